The molecule has 1 aliphatic heterocycles. The van der Waals surface area contributed by atoms with E-state index in [0.29, 0.717) is 18.1 Å². The predicted octanol–water partition coefficient (Wildman–Crippen LogP) is 1.84. The van der Waals surface area contributed by atoms with E-state index in [0.717, 1.165) is 16.9 Å². The molecule has 14 heavy (non-hydrogen) atoms. The Morgan fingerprint density at radius 1 is 1.29 bits per heavy atom. The highest BCUT2D eigenvalue weighted by Gasteiger charge is 2.25. The summed E-state index contributed by atoms with van der Waals surface area (Å²) in [6.07, 6.45) is 0. The van der Waals surface area contributed by atoms with Crippen molar-refractivity contribution in [3.8, 4) is 17.2 Å². The molecule has 1 aromatic carbocycles. The van der Waals surface area contributed by atoms with Gasteiger partial charge in [-0.1, -0.05) is 0 Å². The highest BCUT2D eigenvalue weighted by Crippen LogP contribution is 2.43. The molecule has 0 saturated carbocycles. The van der Waals surface area contributed by atoms with Gasteiger partial charge in [-0.25, -0.2) is 0 Å². The van der Waals surface area contributed by atoms with Gasteiger partial charge in [0.25, 0.3) is 0 Å². The van der Waals surface area contributed by atoms with Crippen molar-refractivity contribution in [2.45, 2.75) is 13.5 Å². The first-order valence-corrected chi connectivity index (χ1v) is 4.32. The Morgan fingerprint density at radius 3 is 2.71 bits per heavy atom. The summed E-state index contributed by atoms with van der Waals surface area (Å²) in [6.45, 7) is 2.36. The molecule has 1 aromatic rings. The van der Waals surface area contributed by atoms with E-state index in [-0.39, 0.29) is 0 Å². The molecule has 0 bridgehead atoms. The van der Waals surface area contributed by atoms with Crippen LogP contribution < -0.4 is 14.4 Å². The molecule has 0 unspecified atom stereocenters. The maximum absolute atomic E-state index is 5.27. The average Bonchev–Trinajstić information content (AvgIpc) is 2.65. The lowest BCUT2D eigenvalue weighted by atomic mass is 10.1. The number of ether oxygens (including phenoxy) is 2. The number of benzene rings is 1. The SMILES string of the molecule is COc1cc(C)c(OC)c2c1OOC2. The molecular weight excluding hydrogens is 184 g/mol. The van der Waals surface area contributed by atoms with E-state index in [1.54, 1.807) is 14.2 Å². The standard InChI is InChI=1S/C10H12O4/c1-6-4-8(11-2)10-7(5-13-14-10)9(6)12-3/h4H,5H2,1-3H3. The second-order valence-corrected chi connectivity index (χ2v) is 3.08. The van der Waals surface area contributed by atoms with Gasteiger partial charge in [-0.15, -0.1) is 0 Å². The van der Waals surface area contributed by atoms with Crippen LogP contribution in [-0.2, 0) is 11.5 Å². The topological polar surface area (TPSA) is 36.9 Å². The first-order valence-electron chi connectivity index (χ1n) is 4.32. The molecule has 4 heteroatoms. The van der Waals surface area contributed by atoms with Crippen molar-refractivity contribution in [2.24, 2.45) is 0 Å². The summed E-state index contributed by atoms with van der Waals surface area (Å²) in [5.74, 6) is 2.10. The maximum atomic E-state index is 5.27. The van der Waals surface area contributed by atoms with Gasteiger partial charge in [0.15, 0.2) is 5.75 Å². The molecule has 0 spiro atoms. The van der Waals surface area contributed by atoms with Crippen molar-refractivity contribution in [2.75, 3.05) is 14.2 Å². The molecular formula is C10H12O4. The molecule has 0 saturated heterocycles. The minimum Gasteiger partial charge on any atom is -0.496 e. The normalized spacial score (nSPS) is 13.4. The van der Waals surface area contributed by atoms with Crippen LogP contribution in [0.1, 0.15) is 11.1 Å². The maximum Gasteiger partial charge on any atom is 0.216 e. The zero-order valence-electron chi connectivity index (χ0n) is 8.42. The lowest BCUT2D eigenvalue weighted by Crippen LogP contribution is -1.95. The Kier molecular flexibility index (Phi) is 2.21. The molecule has 76 valence electrons. The van der Waals surface area contributed by atoms with Gasteiger partial charge < -0.3 is 14.4 Å². The summed E-state index contributed by atoms with van der Waals surface area (Å²) in [6, 6.07) is 1.87. The van der Waals surface area contributed by atoms with E-state index in [1.807, 2.05) is 13.0 Å². The second-order valence-electron chi connectivity index (χ2n) is 3.08. The Hall–Kier alpha value is -1.42. The molecule has 2 rings (SSSR count). The van der Waals surface area contributed by atoms with E-state index < -0.39 is 0 Å². The van der Waals surface area contributed by atoms with Crippen LogP contribution >= 0.6 is 0 Å². The molecule has 0 amide bonds. The molecule has 1 aliphatic rings. The summed E-state index contributed by atoms with van der Waals surface area (Å²) in [5.41, 5.74) is 1.92. The highest BCUT2D eigenvalue weighted by molar-refractivity contribution is 5.58. The lowest BCUT2D eigenvalue weighted by Gasteiger charge is -2.10. The van der Waals surface area contributed by atoms with Gasteiger partial charge >= 0.3 is 0 Å². The van der Waals surface area contributed by atoms with Gasteiger partial charge in [0, 0.05) is 0 Å². The first kappa shape index (κ1) is 9.15. The van der Waals surface area contributed by atoms with Gasteiger partial charge in [-0.05, 0) is 18.6 Å². The summed E-state index contributed by atoms with van der Waals surface area (Å²) in [5, 5.41) is 0. The average molecular weight is 196 g/mol. The van der Waals surface area contributed by atoms with Crippen LogP contribution in [0.5, 0.6) is 17.2 Å². The summed E-state index contributed by atoms with van der Waals surface area (Å²) >= 11 is 0. The molecule has 0 fully saturated rings. The van der Waals surface area contributed by atoms with Crippen LogP contribution in [0, 0.1) is 6.92 Å². The Bertz CT molecular complexity index is 360. The third-order valence-electron chi connectivity index (χ3n) is 2.25. The number of methoxy groups -OCH3 is 2. The lowest BCUT2D eigenvalue weighted by molar-refractivity contribution is -0.195. The molecule has 4 nitrogen and oxygen atoms in total. The van der Waals surface area contributed by atoms with Gasteiger partial charge in [0.2, 0.25) is 5.75 Å². The molecule has 1 heterocycles. The number of hydrogen-bond donors (Lipinski definition) is 0. The third-order valence-corrected chi connectivity index (χ3v) is 2.25. The van der Waals surface area contributed by atoms with Crippen molar-refractivity contribution in [1.29, 1.82) is 0 Å². The Labute approximate surface area is 82.3 Å². The number of fused-ring (bicyclic) bond motifs is 1. The molecule has 0 radical (unpaired) electrons. The monoisotopic (exact) mass is 196 g/mol. The Balaban J connectivity index is 2.61. The minimum atomic E-state index is 0.399. The van der Waals surface area contributed by atoms with Crippen molar-refractivity contribution < 1.29 is 19.2 Å². The molecule has 0 atom stereocenters. The quantitative estimate of drug-likeness (QED) is 0.676. The van der Waals surface area contributed by atoms with Crippen LogP contribution in [0.15, 0.2) is 6.07 Å². The fourth-order valence-electron chi connectivity index (χ4n) is 1.62. The van der Waals surface area contributed by atoms with Crippen molar-refractivity contribution in [3.05, 3.63) is 17.2 Å². The minimum absolute atomic E-state index is 0.399. The van der Waals surface area contributed by atoms with E-state index in [9.17, 15) is 0 Å². The summed E-state index contributed by atoms with van der Waals surface area (Å²) in [4.78, 5) is 9.91. The van der Waals surface area contributed by atoms with Crippen LogP contribution in [0.25, 0.3) is 0 Å². The molecule has 0 aromatic heterocycles. The van der Waals surface area contributed by atoms with Gasteiger partial charge in [-0.3, -0.25) is 0 Å². The van der Waals surface area contributed by atoms with Crippen LogP contribution in [0.2, 0.25) is 0 Å². The summed E-state index contributed by atoms with van der Waals surface area (Å²) < 4.78 is 10.4. The van der Waals surface area contributed by atoms with E-state index in [2.05, 4.69) is 0 Å². The van der Waals surface area contributed by atoms with E-state index in [4.69, 9.17) is 19.2 Å². The van der Waals surface area contributed by atoms with E-state index >= 15 is 0 Å². The zero-order chi connectivity index (χ0) is 10.1. The zero-order valence-corrected chi connectivity index (χ0v) is 8.42. The first-order chi connectivity index (χ1) is 6.77. The molecule has 0 aliphatic carbocycles. The smallest absolute Gasteiger partial charge is 0.216 e. The van der Waals surface area contributed by atoms with Crippen molar-refractivity contribution >= 4 is 0 Å². The van der Waals surface area contributed by atoms with Crippen molar-refractivity contribution in [1.82, 2.24) is 0 Å². The fraction of sp³-hybridized carbons (Fsp3) is 0.400. The van der Waals surface area contributed by atoms with Crippen LogP contribution in [0.3, 0.4) is 0 Å². The predicted molar refractivity (Wildman–Crippen MR) is 49.7 cm³/mol. The third kappa shape index (κ3) is 1.19. The summed E-state index contributed by atoms with van der Waals surface area (Å²) in [7, 11) is 3.23. The fourth-order valence-corrected chi connectivity index (χ4v) is 1.62. The van der Waals surface area contributed by atoms with E-state index in [1.165, 1.54) is 0 Å². The number of rotatable bonds is 2. The van der Waals surface area contributed by atoms with Gasteiger partial charge in [-0.2, -0.15) is 4.89 Å². The van der Waals surface area contributed by atoms with Gasteiger partial charge in [0.05, 0.1) is 19.8 Å². The number of hydrogen-bond acceptors (Lipinski definition) is 4. The largest absolute Gasteiger partial charge is 0.496 e. The van der Waals surface area contributed by atoms with Crippen molar-refractivity contribution in [3.63, 3.8) is 0 Å². The second kappa shape index (κ2) is 3.38. The highest BCUT2D eigenvalue weighted by atomic mass is 17.2. The van der Waals surface area contributed by atoms with Crippen LogP contribution in [0.4, 0.5) is 0 Å². The van der Waals surface area contributed by atoms with Gasteiger partial charge in [0.1, 0.15) is 12.4 Å². The number of aryl methyl sites for hydroxylation is 1. The van der Waals surface area contributed by atoms with Crippen LogP contribution in [-0.4, -0.2) is 14.2 Å². The molecule has 0 N–H and O–H groups in total. The Morgan fingerprint density at radius 2 is 2.07 bits per heavy atom.